The maximum absolute atomic E-state index is 13.0. The van der Waals surface area contributed by atoms with Crippen LogP contribution in [0.2, 0.25) is 5.02 Å². The average molecular weight is 523 g/mol. The van der Waals surface area contributed by atoms with Crippen LogP contribution in [0.3, 0.4) is 0 Å². The summed E-state index contributed by atoms with van der Waals surface area (Å²) in [6.45, 7) is 9.53. The van der Waals surface area contributed by atoms with Crippen molar-refractivity contribution < 1.29 is 14.4 Å². The van der Waals surface area contributed by atoms with Gasteiger partial charge in [0.05, 0.1) is 12.2 Å². The lowest BCUT2D eigenvalue weighted by Gasteiger charge is -2.35. The van der Waals surface area contributed by atoms with E-state index in [2.05, 4.69) is 34.3 Å². The third-order valence-corrected chi connectivity index (χ3v) is 7.04. The molecule has 1 amide bonds. The van der Waals surface area contributed by atoms with Crippen LogP contribution in [0.15, 0.2) is 60.3 Å². The first-order chi connectivity index (χ1) is 17.7. The molecule has 2 aromatic carbocycles. The number of amides is 1. The summed E-state index contributed by atoms with van der Waals surface area (Å²) in [6.07, 6.45) is 3.26. The van der Waals surface area contributed by atoms with Gasteiger partial charge in [0.25, 0.3) is 0 Å². The van der Waals surface area contributed by atoms with E-state index in [9.17, 15) is 14.4 Å². The van der Waals surface area contributed by atoms with Crippen molar-refractivity contribution in [2.45, 2.75) is 26.7 Å². The molecule has 0 radical (unpaired) electrons. The molecule has 0 spiro atoms. The Balaban J connectivity index is 1.24. The second-order valence-electron chi connectivity index (χ2n) is 10.6. The lowest BCUT2D eigenvalue weighted by Crippen LogP contribution is -2.50. The Morgan fingerprint density at radius 2 is 1.68 bits per heavy atom. The zero-order valence-corrected chi connectivity index (χ0v) is 22.3. The first-order valence-corrected chi connectivity index (χ1v) is 13.2. The van der Waals surface area contributed by atoms with Gasteiger partial charge in [0.1, 0.15) is 0 Å². The Morgan fingerprint density at radius 1 is 0.973 bits per heavy atom. The number of ketones is 2. The molecule has 0 bridgehead atoms. The van der Waals surface area contributed by atoms with Gasteiger partial charge < -0.3 is 10.6 Å². The lowest BCUT2D eigenvalue weighted by atomic mass is 9.79. The summed E-state index contributed by atoms with van der Waals surface area (Å²) >= 11 is 6.15. The van der Waals surface area contributed by atoms with Gasteiger partial charge in [-0.05, 0) is 30.0 Å². The summed E-state index contributed by atoms with van der Waals surface area (Å²) in [4.78, 5) is 42.3. The highest BCUT2D eigenvalue weighted by molar-refractivity contribution is 6.31. The molecule has 2 aromatic rings. The highest BCUT2D eigenvalue weighted by Crippen LogP contribution is 2.32. The number of nitrogens with zero attached hydrogens (tertiary/aromatic N) is 2. The van der Waals surface area contributed by atoms with Crippen LogP contribution < -0.4 is 10.6 Å². The van der Waals surface area contributed by atoms with Gasteiger partial charge in [-0.3, -0.25) is 24.2 Å². The van der Waals surface area contributed by atoms with Crippen molar-refractivity contribution in [3.8, 4) is 0 Å². The number of benzene rings is 2. The number of carbonyl (C=O) groups excluding carboxylic acids is 3. The standard InChI is InChI=1S/C29H35ClN4O3/c1-29(2)18-23(17-24(35)19-29)31-10-11-33-12-14-34(15-13-33)20-27(36)32-26-9-8-22(30)16-25(26)28(37)21-6-4-3-5-7-21/h3-9,16-17,31H,10-15,18-20H2,1-2H3,(H,32,36). The molecule has 7 nitrogen and oxygen atoms in total. The minimum Gasteiger partial charge on any atom is -0.387 e. The summed E-state index contributed by atoms with van der Waals surface area (Å²) in [6, 6.07) is 13.9. The highest BCUT2D eigenvalue weighted by Gasteiger charge is 2.27. The fourth-order valence-electron chi connectivity index (χ4n) is 4.96. The first kappa shape index (κ1) is 27.0. The molecule has 2 aliphatic rings. The zero-order chi connectivity index (χ0) is 26.4. The second-order valence-corrected chi connectivity index (χ2v) is 11.1. The SMILES string of the molecule is CC1(C)CC(=O)C=C(NCCN2CCN(CC(=O)Nc3ccc(Cl)cc3C(=O)c3ccccc3)CC2)C1. The third-order valence-electron chi connectivity index (χ3n) is 6.81. The van der Waals surface area contributed by atoms with Crippen molar-refractivity contribution in [1.82, 2.24) is 15.1 Å². The molecule has 1 aliphatic heterocycles. The number of rotatable bonds is 9. The quantitative estimate of drug-likeness (QED) is 0.485. The van der Waals surface area contributed by atoms with Crippen LogP contribution in [0, 0.1) is 5.41 Å². The van der Waals surface area contributed by atoms with E-state index < -0.39 is 0 Å². The summed E-state index contributed by atoms with van der Waals surface area (Å²) in [5.74, 6) is -0.144. The molecule has 8 heteroatoms. The molecule has 0 aromatic heterocycles. The monoisotopic (exact) mass is 522 g/mol. The van der Waals surface area contributed by atoms with Crippen LogP contribution in [0.4, 0.5) is 5.69 Å². The fraction of sp³-hybridized carbons (Fsp3) is 0.414. The van der Waals surface area contributed by atoms with Crippen molar-refractivity contribution in [2.75, 3.05) is 51.1 Å². The fourth-order valence-corrected chi connectivity index (χ4v) is 5.13. The number of anilines is 1. The predicted octanol–water partition coefficient (Wildman–Crippen LogP) is 3.99. The Kier molecular flexibility index (Phi) is 8.79. The molecular weight excluding hydrogens is 488 g/mol. The molecule has 4 rings (SSSR count). The molecule has 1 aliphatic carbocycles. The van der Waals surface area contributed by atoms with Gasteiger partial charge in [-0.1, -0.05) is 55.8 Å². The van der Waals surface area contributed by atoms with Crippen LogP contribution in [0.5, 0.6) is 0 Å². The molecule has 1 fully saturated rings. The Bertz CT molecular complexity index is 1170. The van der Waals surface area contributed by atoms with Crippen LogP contribution >= 0.6 is 11.6 Å². The van der Waals surface area contributed by atoms with Gasteiger partial charge in [0, 0.05) is 73.6 Å². The Labute approximate surface area is 223 Å². The lowest BCUT2D eigenvalue weighted by molar-refractivity contribution is -0.118. The van der Waals surface area contributed by atoms with Crippen LogP contribution in [-0.2, 0) is 9.59 Å². The van der Waals surface area contributed by atoms with E-state index in [4.69, 9.17) is 11.6 Å². The molecule has 1 saturated heterocycles. The van der Waals surface area contributed by atoms with Crippen molar-refractivity contribution >= 4 is 34.8 Å². The summed E-state index contributed by atoms with van der Waals surface area (Å²) < 4.78 is 0. The van der Waals surface area contributed by atoms with Gasteiger partial charge in [-0.15, -0.1) is 0 Å². The predicted molar refractivity (Wildman–Crippen MR) is 147 cm³/mol. The van der Waals surface area contributed by atoms with Gasteiger partial charge >= 0.3 is 0 Å². The average Bonchev–Trinajstić information content (AvgIpc) is 2.85. The van der Waals surface area contributed by atoms with Crippen LogP contribution in [0.25, 0.3) is 0 Å². The zero-order valence-electron chi connectivity index (χ0n) is 21.6. The molecular formula is C29H35ClN4O3. The Morgan fingerprint density at radius 3 is 2.38 bits per heavy atom. The second kappa shape index (κ2) is 12.0. The molecule has 1 heterocycles. The molecule has 0 atom stereocenters. The number of hydrogen-bond donors (Lipinski definition) is 2. The minimum absolute atomic E-state index is 0.0158. The first-order valence-electron chi connectivity index (χ1n) is 12.8. The molecule has 37 heavy (non-hydrogen) atoms. The minimum atomic E-state index is -0.183. The summed E-state index contributed by atoms with van der Waals surface area (Å²) in [7, 11) is 0. The highest BCUT2D eigenvalue weighted by atomic mass is 35.5. The Hall–Kier alpha value is -3.00. The van der Waals surface area contributed by atoms with Crippen LogP contribution in [0.1, 0.15) is 42.6 Å². The normalized spacial score (nSPS) is 18.2. The summed E-state index contributed by atoms with van der Waals surface area (Å²) in [5, 5.41) is 6.79. The van der Waals surface area contributed by atoms with Crippen molar-refractivity contribution in [3.63, 3.8) is 0 Å². The number of halogens is 1. The third kappa shape index (κ3) is 7.74. The van der Waals surface area contributed by atoms with E-state index in [-0.39, 0.29) is 29.4 Å². The van der Waals surface area contributed by atoms with E-state index >= 15 is 0 Å². The number of hydrogen-bond acceptors (Lipinski definition) is 6. The van der Waals surface area contributed by atoms with Gasteiger partial charge in [-0.2, -0.15) is 0 Å². The molecule has 2 N–H and O–H groups in total. The van der Waals surface area contributed by atoms with Gasteiger partial charge in [0.15, 0.2) is 11.6 Å². The summed E-state index contributed by atoms with van der Waals surface area (Å²) in [5.41, 5.74) is 2.43. The maximum atomic E-state index is 13.0. The molecule has 0 saturated carbocycles. The van der Waals surface area contributed by atoms with E-state index in [1.54, 1.807) is 48.5 Å². The number of allylic oxidation sites excluding steroid dienone is 2. The number of piperazine rings is 1. The largest absolute Gasteiger partial charge is 0.387 e. The van der Waals surface area contributed by atoms with Gasteiger partial charge in [-0.25, -0.2) is 0 Å². The van der Waals surface area contributed by atoms with Crippen molar-refractivity contribution in [1.29, 1.82) is 0 Å². The van der Waals surface area contributed by atoms with Crippen molar-refractivity contribution in [3.05, 3.63) is 76.5 Å². The van der Waals surface area contributed by atoms with Gasteiger partial charge in [0.2, 0.25) is 5.91 Å². The molecule has 196 valence electrons. The number of carbonyl (C=O) groups is 3. The van der Waals surface area contributed by atoms with Crippen molar-refractivity contribution in [2.24, 2.45) is 5.41 Å². The smallest absolute Gasteiger partial charge is 0.238 e. The van der Waals surface area contributed by atoms with E-state index in [1.807, 2.05) is 6.07 Å². The number of nitrogens with one attached hydrogen (secondary N) is 2. The maximum Gasteiger partial charge on any atom is 0.238 e. The molecule has 0 unspecified atom stereocenters. The van der Waals surface area contributed by atoms with Crippen LogP contribution in [-0.4, -0.2) is 73.1 Å². The van der Waals surface area contributed by atoms with E-state index in [1.165, 1.54) is 0 Å². The topological polar surface area (TPSA) is 81.8 Å². The van der Waals surface area contributed by atoms with E-state index in [0.717, 1.165) is 51.4 Å². The van der Waals surface area contributed by atoms with E-state index in [0.29, 0.717) is 28.3 Å².